The van der Waals surface area contributed by atoms with Gasteiger partial charge in [-0.15, -0.1) is 0 Å². The van der Waals surface area contributed by atoms with Crippen molar-refractivity contribution in [1.29, 1.82) is 0 Å². The summed E-state index contributed by atoms with van der Waals surface area (Å²) in [7, 11) is -0.398. The van der Waals surface area contributed by atoms with Gasteiger partial charge in [0.25, 0.3) is 0 Å². The van der Waals surface area contributed by atoms with Gasteiger partial charge in [0.1, 0.15) is 18.2 Å². The van der Waals surface area contributed by atoms with Crippen LogP contribution in [0.5, 0.6) is 5.75 Å². The molecule has 1 aliphatic heterocycles. The van der Waals surface area contributed by atoms with Crippen LogP contribution in [0.1, 0.15) is 33.3 Å². The summed E-state index contributed by atoms with van der Waals surface area (Å²) in [6.07, 6.45) is 0. The molecular weight excluding hydrogens is 421 g/mol. The van der Waals surface area contributed by atoms with Gasteiger partial charge in [-0.1, -0.05) is 35.9 Å². The lowest BCUT2D eigenvalue weighted by Gasteiger charge is -2.32. The molecule has 1 fully saturated rings. The van der Waals surface area contributed by atoms with E-state index in [2.05, 4.69) is 15.9 Å². The molecule has 1 heterocycles. The molecule has 0 aliphatic carbocycles. The average molecular weight is 442 g/mol. The normalized spacial score (nSPS) is 18.2. The zero-order valence-electron chi connectivity index (χ0n) is 15.1. The van der Waals surface area contributed by atoms with Crippen molar-refractivity contribution in [3.8, 4) is 5.75 Å². The molecule has 0 aromatic heterocycles. The number of halogens is 3. The van der Waals surface area contributed by atoms with Gasteiger partial charge in [-0.2, -0.15) is 0 Å². The summed E-state index contributed by atoms with van der Waals surface area (Å²) < 4.78 is 31.6. The van der Waals surface area contributed by atoms with Crippen LogP contribution in [0.15, 0.2) is 40.9 Å². The van der Waals surface area contributed by atoms with Gasteiger partial charge in [-0.05, 0) is 60.7 Å². The van der Waals surface area contributed by atoms with E-state index in [9.17, 15) is 4.39 Å². The zero-order valence-corrected chi connectivity index (χ0v) is 17.4. The molecular formula is C19H20BBrClFO3. The highest BCUT2D eigenvalue weighted by Gasteiger charge is 2.51. The maximum atomic E-state index is 13.6. The molecule has 26 heavy (non-hydrogen) atoms. The van der Waals surface area contributed by atoms with Crippen LogP contribution >= 0.6 is 27.5 Å². The Morgan fingerprint density at radius 3 is 2.23 bits per heavy atom. The van der Waals surface area contributed by atoms with Crippen molar-refractivity contribution < 1.29 is 18.4 Å². The predicted octanol–water partition coefficient (Wildman–Crippen LogP) is 5.12. The average Bonchev–Trinajstić information content (AvgIpc) is 2.78. The van der Waals surface area contributed by atoms with Crippen molar-refractivity contribution in [2.45, 2.75) is 45.5 Å². The molecule has 0 amide bonds. The molecule has 7 heteroatoms. The third-order valence-corrected chi connectivity index (χ3v) is 5.78. The summed E-state index contributed by atoms with van der Waals surface area (Å²) in [6, 6.07) is 10.5. The third-order valence-electron chi connectivity index (χ3n) is 4.87. The smallest absolute Gasteiger partial charge is 0.487 e. The number of ether oxygens (including phenoxy) is 1. The van der Waals surface area contributed by atoms with E-state index >= 15 is 0 Å². The summed E-state index contributed by atoms with van der Waals surface area (Å²) in [5, 5.41) is 0.354. The Labute approximate surface area is 167 Å². The minimum absolute atomic E-state index is 0.282. The molecule has 0 spiro atoms. The molecule has 0 radical (unpaired) electrons. The number of hydrogen-bond acceptors (Lipinski definition) is 3. The third kappa shape index (κ3) is 3.93. The highest BCUT2D eigenvalue weighted by Crippen LogP contribution is 2.36. The molecule has 0 saturated carbocycles. The van der Waals surface area contributed by atoms with Gasteiger partial charge < -0.3 is 14.0 Å². The molecule has 0 N–H and O–H groups in total. The first kappa shape index (κ1) is 19.7. The fourth-order valence-electron chi connectivity index (χ4n) is 2.53. The highest BCUT2D eigenvalue weighted by molar-refractivity contribution is 9.10. The molecule has 0 atom stereocenters. The summed E-state index contributed by atoms with van der Waals surface area (Å²) in [4.78, 5) is 0. The first-order valence-electron chi connectivity index (χ1n) is 8.31. The Morgan fingerprint density at radius 2 is 1.65 bits per heavy atom. The van der Waals surface area contributed by atoms with Crippen LogP contribution in [0.2, 0.25) is 5.02 Å². The molecule has 3 rings (SSSR count). The topological polar surface area (TPSA) is 27.7 Å². The first-order chi connectivity index (χ1) is 12.1. The molecule has 1 saturated heterocycles. The number of benzene rings is 2. The minimum Gasteiger partial charge on any atom is -0.487 e. The van der Waals surface area contributed by atoms with Gasteiger partial charge in [0, 0.05) is 6.07 Å². The summed E-state index contributed by atoms with van der Waals surface area (Å²) in [6.45, 7) is 8.38. The van der Waals surface area contributed by atoms with E-state index in [1.54, 1.807) is 0 Å². The van der Waals surface area contributed by atoms with Crippen molar-refractivity contribution in [2.24, 2.45) is 0 Å². The van der Waals surface area contributed by atoms with E-state index in [0.717, 1.165) is 11.0 Å². The van der Waals surface area contributed by atoms with E-state index in [1.807, 2.05) is 52.0 Å². The van der Waals surface area contributed by atoms with Crippen LogP contribution in [-0.4, -0.2) is 18.3 Å². The second-order valence-electron chi connectivity index (χ2n) is 7.32. The lowest BCUT2D eigenvalue weighted by molar-refractivity contribution is 0.00578. The second-order valence-corrected chi connectivity index (χ2v) is 8.58. The number of rotatable bonds is 4. The van der Waals surface area contributed by atoms with Crippen LogP contribution in [0.25, 0.3) is 0 Å². The standard InChI is InChI=1S/C19H20BBrClFO3/c1-18(2)19(3,4)26-20(25-18)13-7-5-12(6-8-13)11-24-17-10-16(23)14(21)9-15(17)22/h5-10H,11H2,1-4H3. The fraction of sp³-hybridized carbons (Fsp3) is 0.368. The molecule has 2 aromatic rings. The predicted molar refractivity (Wildman–Crippen MR) is 106 cm³/mol. The van der Waals surface area contributed by atoms with Gasteiger partial charge in [-0.25, -0.2) is 4.39 Å². The van der Waals surface area contributed by atoms with Gasteiger partial charge in [0.15, 0.2) is 0 Å². The largest absolute Gasteiger partial charge is 0.494 e. The van der Waals surface area contributed by atoms with Crippen LogP contribution < -0.4 is 10.2 Å². The maximum absolute atomic E-state index is 13.6. The highest BCUT2D eigenvalue weighted by atomic mass is 79.9. The van der Waals surface area contributed by atoms with Gasteiger partial charge >= 0.3 is 7.12 Å². The van der Waals surface area contributed by atoms with E-state index < -0.39 is 12.9 Å². The quantitative estimate of drug-likeness (QED) is 0.487. The van der Waals surface area contributed by atoms with Gasteiger partial charge in [-0.3, -0.25) is 0 Å². The molecule has 138 valence electrons. The van der Waals surface area contributed by atoms with Crippen molar-refractivity contribution in [1.82, 2.24) is 0 Å². The monoisotopic (exact) mass is 440 g/mol. The van der Waals surface area contributed by atoms with E-state index in [0.29, 0.717) is 15.2 Å². The SMILES string of the molecule is CC1(C)OB(c2ccc(COc3cc(F)c(Br)cc3Cl)cc2)OC1(C)C. The van der Waals surface area contributed by atoms with Crippen molar-refractivity contribution in [3.05, 3.63) is 57.3 Å². The van der Waals surface area contributed by atoms with Crippen molar-refractivity contribution >= 4 is 40.1 Å². The Bertz CT molecular complexity index is 795. The van der Waals surface area contributed by atoms with E-state index in [4.69, 9.17) is 25.6 Å². The van der Waals surface area contributed by atoms with Crippen molar-refractivity contribution in [3.63, 3.8) is 0 Å². The molecule has 0 bridgehead atoms. The first-order valence-corrected chi connectivity index (χ1v) is 9.48. The zero-order chi connectivity index (χ0) is 19.1. The summed E-state index contributed by atoms with van der Waals surface area (Å²) in [5.74, 6) is -0.108. The fourth-order valence-corrected chi connectivity index (χ4v) is 3.22. The second kappa shape index (κ2) is 7.15. The van der Waals surface area contributed by atoms with E-state index in [-0.39, 0.29) is 17.8 Å². The van der Waals surface area contributed by atoms with Gasteiger partial charge in [0.2, 0.25) is 0 Å². The van der Waals surface area contributed by atoms with Crippen LogP contribution in [0.4, 0.5) is 4.39 Å². The molecule has 3 nitrogen and oxygen atoms in total. The Hall–Kier alpha value is -1.08. The van der Waals surface area contributed by atoms with Crippen LogP contribution in [0.3, 0.4) is 0 Å². The molecule has 2 aromatic carbocycles. The van der Waals surface area contributed by atoms with Crippen LogP contribution in [-0.2, 0) is 15.9 Å². The lowest BCUT2D eigenvalue weighted by Crippen LogP contribution is -2.41. The van der Waals surface area contributed by atoms with Crippen LogP contribution in [0, 0.1) is 5.82 Å². The minimum atomic E-state index is -0.416. The van der Waals surface area contributed by atoms with Crippen molar-refractivity contribution in [2.75, 3.05) is 0 Å². The Kier molecular flexibility index (Phi) is 5.41. The Morgan fingerprint density at radius 1 is 1.08 bits per heavy atom. The van der Waals surface area contributed by atoms with Gasteiger partial charge in [0.05, 0.1) is 20.7 Å². The lowest BCUT2D eigenvalue weighted by atomic mass is 9.79. The number of hydrogen-bond donors (Lipinski definition) is 0. The Balaban J connectivity index is 1.67. The maximum Gasteiger partial charge on any atom is 0.494 e. The summed E-state index contributed by atoms with van der Waals surface area (Å²) in [5.41, 5.74) is 1.13. The molecule has 0 unspecified atom stereocenters. The summed E-state index contributed by atoms with van der Waals surface area (Å²) >= 11 is 9.17. The van der Waals surface area contributed by atoms with E-state index in [1.165, 1.54) is 12.1 Å². The molecule has 1 aliphatic rings.